The van der Waals surface area contributed by atoms with Gasteiger partial charge in [-0.15, -0.1) is 0 Å². The maximum absolute atomic E-state index is 12.6. The number of carbonyl (C=O) groups is 2. The molecule has 134 valence electrons. The van der Waals surface area contributed by atoms with Crippen LogP contribution in [-0.4, -0.2) is 25.0 Å². The van der Waals surface area contributed by atoms with Crippen molar-refractivity contribution in [2.24, 2.45) is 5.41 Å². The topological polar surface area (TPSA) is 76.7 Å². The Kier molecular flexibility index (Phi) is 4.03. The molecule has 1 fully saturated rings. The van der Waals surface area contributed by atoms with Crippen LogP contribution < -0.4 is 20.1 Å². The Balaban J connectivity index is 1.49. The van der Waals surface area contributed by atoms with Crippen molar-refractivity contribution in [1.82, 2.24) is 0 Å². The Morgan fingerprint density at radius 3 is 2.31 bits per heavy atom. The Morgan fingerprint density at radius 1 is 0.923 bits per heavy atom. The van der Waals surface area contributed by atoms with E-state index in [2.05, 4.69) is 10.6 Å². The van der Waals surface area contributed by atoms with Gasteiger partial charge in [0.15, 0.2) is 11.5 Å². The molecule has 6 nitrogen and oxygen atoms in total. The number of nitrogens with one attached hydrogen (secondary N) is 2. The lowest BCUT2D eigenvalue weighted by Gasteiger charge is -2.10. The molecule has 0 unspecified atom stereocenters. The molecular weight excluding hydrogens is 332 g/mol. The standard InChI is InChI=1S/C20H20N2O4/c1-13(23)21-15-3-2-4-16(10-15)22-19(24)14-5-6-17-18(9-14)26-12-20(7-8-20)11-25-17/h2-6,9-10H,7-8,11-12H2,1H3,(H,21,23)(H,22,24). The highest BCUT2D eigenvalue weighted by atomic mass is 16.5. The van der Waals surface area contributed by atoms with Gasteiger partial charge in [0.05, 0.1) is 13.2 Å². The fourth-order valence-electron chi connectivity index (χ4n) is 2.93. The van der Waals surface area contributed by atoms with Crippen LogP contribution in [0.5, 0.6) is 11.5 Å². The number of hydrogen-bond acceptors (Lipinski definition) is 4. The lowest BCUT2D eigenvalue weighted by atomic mass is 10.1. The number of benzene rings is 2. The summed E-state index contributed by atoms with van der Waals surface area (Å²) in [6.07, 6.45) is 2.25. The van der Waals surface area contributed by atoms with Gasteiger partial charge in [-0.25, -0.2) is 0 Å². The third-order valence-corrected chi connectivity index (χ3v) is 4.67. The number of anilines is 2. The second-order valence-corrected chi connectivity index (χ2v) is 6.95. The first-order valence-electron chi connectivity index (χ1n) is 8.62. The lowest BCUT2D eigenvalue weighted by molar-refractivity contribution is -0.114. The fraction of sp³-hybridized carbons (Fsp3) is 0.300. The summed E-state index contributed by atoms with van der Waals surface area (Å²) in [5, 5.41) is 5.53. The Hall–Kier alpha value is -3.02. The zero-order valence-electron chi connectivity index (χ0n) is 14.5. The van der Waals surface area contributed by atoms with Gasteiger partial charge in [-0.05, 0) is 49.2 Å². The summed E-state index contributed by atoms with van der Waals surface area (Å²) in [4.78, 5) is 23.7. The van der Waals surface area contributed by atoms with E-state index in [4.69, 9.17) is 9.47 Å². The number of hydrogen-bond donors (Lipinski definition) is 2. The minimum Gasteiger partial charge on any atom is -0.489 e. The van der Waals surface area contributed by atoms with Gasteiger partial charge in [0, 0.05) is 29.3 Å². The molecule has 0 aromatic heterocycles. The van der Waals surface area contributed by atoms with E-state index in [1.807, 2.05) is 0 Å². The maximum Gasteiger partial charge on any atom is 0.255 e. The molecule has 4 rings (SSSR count). The van der Waals surface area contributed by atoms with E-state index >= 15 is 0 Å². The summed E-state index contributed by atoms with van der Waals surface area (Å²) >= 11 is 0. The van der Waals surface area contributed by atoms with Gasteiger partial charge in [0.2, 0.25) is 5.91 Å². The van der Waals surface area contributed by atoms with Crippen LogP contribution in [-0.2, 0) is 4.79 Å². The molecule has 1 saturated carbocycles. The molecule has 1 aliphatic carbocycles. The second kappa shape index (κ2) is 6.37. The highest BCUT2D eigenvalue weighted by Gasteiger charge is 2.46. The molecule has 0 bridgehead atoms. The maximum atomic E-state index is 12.6. The number of amides is 2. The van der Waals surface area contributed by atoms with Crippen LogP contribution in [0.15, 0.2) is 42.5 Å². The molecule has 0 radical (unpaired) electrons. The minimum absolute atomic E-state index is 0.158. The third kappa shape index (κ3) is 3.49. The molecule has 2 N–H and O–H groups in total. The Bertz CT molecular complexity index is 874. The normalized spacial score (nSPS) is 16.5. The van der Waals surface area contributed by atoms with Crippen molar-refractivity contribution in [3.8, 4) is 11.5 Å². The zero-order valence-corrected chi connectivity index (χ0v) is 14.5. The van der Waals surface area contributed by atoms with Crippen molar-refractivity contribution >= 4 is 23.2 Å². The molecule has 2 aromatic carbocycles. The Labute approximate surface area is 151 Å². The molecule has 2 aromatic rings. The van der Waals surface area contributed by atoms with Crippen LogP contribution in [0.25, 0.3) is 0 Å². The van der Waals surface area contributed by atoms with Gasteiger partial charge >= 0.3 is 0 Å². The number of ether oxygens (including phenoxy) is 2. The van der Waals surface area contributed by atoms with Gasteiger partial charge < -0.3 is 20.1 Å². The molecule has 1 aliphatic heterocycles. The molecule has 1 spiro atoms. The highest BCUT2D eigenvalue weighted by Crippen LogP contribution is 2.49. The summed E-state index contributed by atoms with van der Waals surface area (Å²) in [5.41, 5.74) is 1.88. The Morgan fingerprint density at radius 2 is 1.62 bits per heavy atom. The molecule has 2 amide bonds. The largest absolute Gasteiger partial charge is 0.489 e. The van der Waals surface area contributed by atoms with Crippen molar-refractivity contribution in [3.63, 3.8) is 0 Å². The van der Waals surface area contributed by atoms with Crippen molar-refractivity contribution in [2.45, 2.75) is 19.8 Å². The second-order valence-electron chi connectivity index (χ2n) is 6.95. The van der Waals surface area contributed by atoms with E-state index in [1.54, 1.807) is 42.5 Å². The van der Waals surface area contributed by atoms with E-state index < -0.39 is 0 Å². The molecular formula is C20H20N2O4. The quantitative estimate of drug-likeness (QED) is 0.887. The first kappa shape index (κ1) is 16.4. The van der Waals surface area contributed by atoms with Crippen molar-refractivity contribution in [2.75, 3.05) is 23.8 Å². The number of carbonyl (C=O) groups excluding carboxylic acids is 2. The van der Waals surface area contributed by atoms with Gasteiger partial charge in [0.25, 0.3) is 5.91 Å². The fourth-order valence-corrected chi connectivity index (χ4v) is 2.93. The van der Waals surface area contributed by atoms with Crippen molar-refractivity contribution in [3.05, 3.63) is 48.0 Å². The van der Waals surface area contributed by atoms with Crippen LogP contribution in [0.2, 0.25) is 0 Å². The number of rotatable bonds is 3. The lowest BCUT2D eigenvalue weighted by Crippen LogP contribution is -2.17. The minimum atomic E-state index is -0.248. The third-order valence-electron chi connectivity index (χ3n) is 4.67. The molecule has 26 heavy (non-hydrogen) atoms. The van der Waals surface area contributed by atoms with Crippen LogP contribution in [0.3, 0.4) is 0 Å². The molecule has 6 heteroatoms. The summed E-state index contributed by atoms with van der Waals surface area (Å²) in [7, 11) is 0. The van der Waals surface area contributed by atoms with Gasteiger partial charge in [-0.2, -0.15) is 0 Å². The summed E-state index contributed by atoms with van der Waals surface area (Å²) in [6, 6.07) is 12.2. The van der Waals surface area contributed by atoms with E-state index in [0.717, 1.165) is 12.8 Å². The first-order valence-corrected chi connectivity index (χ1v) is 8.62. The van der Waals surface area contributed by atoms with E-state index in [0.29, 0.717) is 41.7 Å². The molecule has 1 heterocycles. The smallest absolute Gasteiger partial charge is 0.255 e. The highest BCUT2D eigenvalue weighted by molar-refractivity contribution is 6.05. The van der Waals surface area contributed by atoms with Crippen molar-refractivity contribution in [1.29, 1.82) is 0 Å². The number of fused-ring (bicyclic) bond motifs is 1. The predicted molar refractivity (Wildman–Crippen MR) is 97.8 cm³/mol. The van der Waals surface area contributed by atoms with Crippen LogP contribution in [0.4, 0.5) is 11.4 Å². The average molecular weight is 352 g/mol. The first-order chi connectivity index (χ1) is 12.5. The summed E-state index contributed by atoms with van der Waals surface area (Å²) in [6.45, 7) is 2.74. The molecule has 2 aliphatic rings. The van der Waals surface area contributed by atoms with Gasteiger partial charge in [0.1, 0.15) is 0 Å². The summed E-state index contributed by atoms with van der Waals surface area (Å²) < 4.78 is 11.7. The SMILES string of the molecule is CC(=O)Nc1cccc(NC(=O)c2ccc3c(c2)OCC2(CC2)CO3)c1. The van der Waals surface area contributed by atoms with E-state index in [9.17, 15) is 9.59 Å². The summed E-state index contributed by atoms with van der Waals surface area (Å²) in [5.74, 6) is 0.873. The average Bonchev–Trinajstić information content (AvgIpc) is 3.41. The van der Waals surface area contributed by atoms with Gasteiger partial charge in [-0.1, -0.05) is 6.07 Å². The molecule has 0 atom stereocenters. The predicted octanol–water partition coefficient (Wildman–Crippen LogP) is 3.45. The zero-order chi connectivity index (χ0) is 18.1. The monoisotopic (exact) mass is 352 g/mol. The van der Waals surface area contributed by atoms with Crippen LogP contribution in [0, 0.1) is 5.41 Å². The van der Waals surface area contributed by atoms with E-state index in [1.165, 1.54) is 6.92 Å². The van der Waals surface area contributed by atoms with Gasteiger partial charge in [-0.3, -0.25) is 9.59 Å². The molecule has 0 saturated heterocycles. The van der Waals surface area contributed by atoms with Crippen LogP contribution >= 0.6 is 0 Å². The van der Waals surface area contributed by atoms with Crippen LogP contribution in [0.1, 0.15) is 30.1 Å². The van der Waals surface area contributed by atoms with E-state index in [-0.39, 0.29) is 17.2 Å². The van der Waals surface area contributed by atoms with Crippen molar-refractivity contribution < 1.29 is 19.1 Å².